The van der Waals surface area contributed by atoms with Crippen LogP contribution in [0.5, 0.6) is 5.75 Å². The molecule has 0 radical (unpaired) electrons. The van der Waals surface area contributed by atoms with Crippen LogP contribution in [0.15, 0.2) is 24.7 Å². The number of rotatable bonds is 2. The van der Waals surface area contributed by atoms with E-state index in [1.165, 1.54) is 26.4 Å². The third kappa shape index (κ3) is 2.48. The van der Waals surface area contributed by atoms with E-state index < -0.39 is 5.67 Å². The first kappa shape index (κ1) is 17.1. The summed E-state index contributed by atoms with van der Waals surface area (Å²) in [6.45, 7) is 6.58. The minimum absolute atomic E-state index is 0.155. The number of nitrogens with two attached hydrogens (primary N) is 1. The lowest BCUT2D eigenvalue weighted by Crippen LogP contribution is -2.12. The van der Waals surface area contributed by atoms with Gasteiger partial charge in [-0.25, -0.2) is 24.3 Å². The predicted molar refractivity (Wildman–Crippen MR) is 102 cm³/mol. The van der Waals surface area contributed by atoms with Crippen LogP contribution in [0, 0.1) is 13.8 Å². The number of hydrogen-bond donors (Lipinski definition) is 2. The molecule has 3 heterocycles. The van der Waals surface area contributed by atoms with Crippen molar-refractivity contribution in [2.75, 3.05) is 5.73 Å². The topological polar surface area (TPSA) is 103 Å². The zero-order valence-electron chi connectivity index (χ0n) is 15.4. The van der Waals surface area contributed by atoms with E-state index in [0.29, 0.717) is 27.8 Å². The molecule has 138 valence electrons. The number of aryl methyl sites for hydroxylation is 1. The molecule has 3 N–H and O–H groups in total. The Labute approximate surface area is 154 Å². The maximum absolute atomic E-state index is 14.5. The van der Waals surface area contributed by atoms with Gasteiger partial charge in [0.2, 0.25) is 0 Å². The number of benzene rings is 1. The van der Waals surface area contributed by atoms with Gasteiger partial charge in [-0.2, -0.15) is 0 Å². The van der Waals surface area contributed by atoms with E-state index in [1.54, 1.807) is 10.6 Å². The fourth-order valence-electron chi connectivity index (χ4n) is 3.27. The first-order valence-corrected chi connectivity index (χ1v) is 8.46. The van der Waals surface area contributed by atoms with Gasteiger partial charge in [0.25, 0.3) is 0 Å². The summed E-state index contributed by atoms with van der Waals surface area (Å²) >= 11 is 0. The van der Waals surface area contributed by atoms with Crippen LogP contribution in [-0.4, -0.2) is 29.6 Å². The van der Waals surface area contributed by atoms with Crippen molar-refractivity contribution in [2.45, 2.75) is 33.4 Å². The molecule has 0 saturated heterocycles. The zero-order chi connectivity index (χ0) is 19.5. The van der Waals surface area contributed by atoms with Crippen molar-refractivity contribution in [3.8, 4) is 11.4 Å². The van der Waals surface area contributed by atoms with Gasteiger partial charge in [0, 0.05) is 5.56 Å². The lowest BCUT2D eigenvalue weighted by molar-refractivity contribution is 0.214. The second kappa shape index (κ2) is 5.60. The zero-order valence-corrected chi connectivity index (χ0v) is 15.4. The third-order valence-electron chi connectivity index (χ3n) is 4.71. The van der Waals surface area contributed by atoms with Crippen LogP contribution in [0.4, 0.5) is 10.2 Å². The Kier molecular flexibility index (Phi) is 3.56. The van der Waals surface area contributed by atoms with Gasteiger partial charge in [0.1, 0.15) is 29.1 Å². The van der Waals surface area contributed by atoms with Crippen LogP contribution < -0.4 is 5.73 Å². The quantitative estimate of drug-likeness (QED) is 0.563. The number of aromatic hydroxyl groups is 1. The van der Waals surface area contributed by atoms with Gasteiger partial charge in [-0.15, -0.1) is 0 Å². The smallest absolute Gasteiger partial charge is 0.165 e. The number of nitrogen functional groups attached to an aromatic ring is 1. The van der Waals surface area contributed by atoms with E-state index >= 15 is 0 Å². The molecule has 0 fully saturated rings. The Balaban J connectivity index is 2.22. The molecule has 0 bridgehead atoms. The van der Waals surface area contributed by atoms with E-state index in [2.05, 4.69) is 19.9 Å². The number of fused-ring (bicyclic) bond motifs is 3. The molecule has 7 nitrogen and oxygen atoms in total. The molecule has 0 amide bonds. The Morgan fingerprint density at radius 1 is 1.11 bits per heavy atom. The lowest BCUT2D eigenvalue weighted by Gasteiger charge is -2.15. The Hall–Kier alpha value is -3.29. The highest BCUT2D eigenvalue weighted by atomic mass is 19.1. The summed E-state index contributed by atoms with van der Waals surface area (Å²) in [5.74, 6) is 0.393. The summed E-state index contributed by atoms with van der Waals surface area (Å²) in [5, 5.41) is 10.7. The van der Waals surface area contributed by atoms with Crippen LogP contribution in [0.25, 0.3) is 27.9 Å². The summed E-state index contributed by atoms with van der Waals surface area (Å²) in [4.78, 5) is 17.4. The molecule has 8 heteroatoms. The van der Waals surface area contributed by atoms with Gasteiger partial charge in [-0.3, -0.25) is 4.57 Å². The highest BCUT2D eigenvalue weighted by molar-refractivity contribution is 6.09. The predicted octanol–water partition coefficient (Wildman–Crippen LogP) is 3.47. The van der Waals surface area contributed by atoms with Crippen molar-refractivity contribution < 1.29 is 9.50 Å². The summed E-state index contributed by atoms with van der Waals surface area (Å²) in [5.41, 5.74) is 8.36. The highest BCUT2D eigenvalue weighted by Gasteiger charge is 2.26. The lowest BCUT2D eigenvalue weighted by atomic mass is 10.1. The number of phenols is 1. The molecule has 3 aromatic heterocycles. The second-order valence-corrected chi connectivity index (χ2v) is 7.07. The maximum atomic E-state index is 14.5. The molecule has 27 heavy (non-hydrogen) atoms. The Morgan fingerprint density at radius 3 is 2.56 bits per heavy atom. The van der Waals surface area contributed by atoms with E-state index in [-0.39, 0.29) is 17.3 Å². The van der Waals surface area contributed by atoms with Crippen molar-refractivity contribution in [3.05, 3.63) is 41.5 Å². The maximum Gasteiger partial charge on any atom is 0.165 e. The molecule has 1 aromatic carbocycles. The standard InChI is InChI=1S/C19H19FN6O/c1-9-5-6-11(27)10(2)15(9)26-17-13(16(21)23-8-24-17)14-18(26)22-7-12(25-14)19(3,4)20/h5-8,27H,1-4H3,(H2,21,23,24). The molecule has 0 spiro atoms. The van der Waals surface area contributed by atoms with E-state index in [4.69, 9.17) is 5.73 Å². The van der Waals surface area contributed by atoms with Gasteiger partial charge >= 0.3 is 0 Å². The van der Waals surface area contributed by atoms with E-state index in [9.17, 15) is 9.50 Å². The van der Waals surface area contributed by atoms with Crippen LogP contribution in [0.2, 0.25) is 0 Å². The van der Waals surface area contributed by atoms with Crippen molar-refractivity contribution in [1.29, 1.82) is 0 Å². The molecule has 0 aliphatic carbocycles. The van der Waals surface area contributed by atoms with Gasteiger partial charge in [0.05, 0.1) is 23.0 Å². The summed E-state index contributed by atoms with van der Waals surface area (Å²) in [6.07, 6.45) is 2.77. The average Bonchev–Trinajstić information content (AvgIpc) is 2.93. The molecular formula is C19H19FN6O. The average molecular weight is 366 g/mol. The minimum Gasteiger partial charge on any atom is -0.508 e. The van der Waals surface area contributed by atoms with Crippen LogP contribution >= 0.6 is 0 Å². The normalized spacial score (nSPS) is 12.2. The number of nitrogens with zero attached hydrogens (tertiary/aromatic N) is 5. The third-order valence-corrected chi connectivity index (χ3v) is 4.71. The number of aromatic nitrogens is 5. The largest absolute Gasteiger partial charge is 0.508 e. The monoisotopic (exact) mass is 366 g/mol. The van der Waals surface area contributed by atoms with Gasteiger partial charge < -0.3 is 10.8 Å². The van der Waals surface area contributed by atoms with Crippen molar-refractivity contribution in [1.82, 2.24) is 24.5 Å². The van der Waals surface area contributed by atoms with Crippen molar-refractivity contribution in [2.24, 2.45) is 0 Å². The Morgan fingerprint density at radius 2 is 1.85 bits per heavy atom. The van der Waals surface area contributed by atoms with Crippen LogP contribution in [0.1, 0.15) is 30.7 Å². The molecular weight excluding hydrogens is 347 g/mol. The second-order valence-electron chi connectivity index (χ2n) is 7.07. The molecule has 0 aliphatic heterocycles. The van der Waals surface area contributed by atoms with Crippen LogP contribution in [0.3, 0.4) is 0 Å². The molecule has 4 aromatic rings. The number of alkyl halides is 1. The van der Waals surface area contributed by atoms with E-state index in [0.717, 1.165) is 11.3 Å². The Bertz CT molecular complexity index is 1210. The van der Waals surface area contributed by atoms with E-state index in [1.807, 2.05) is 19.9 Å². The molecule has 4 rings (SSSR count). The van der Waals surface area contributed by atoms with Crippen LogP contribution in [-0.2, 0) is 5.67 Å². The first-order valence-electron chi connectivity index (χ1n) is 8.46. The molecule has 0 aliphatic rings. The van der Waals surface area contributed by atoms with Gasteiger partial charge in [-0.1, -0.05) is 6.07 Å². The van der Waals surface area contributed by atoms with Gasteiger partial charge in [-0.05, 0) is 39.3 Å². The number of hydrogen-bond acceptors (Lipinski definition) is 6. The summed E-state index contributed by atoms with van der Waals surface area (Å²) in [7, 11) is 0. The molecule has 0 saturated carbocycles. The molecule has 0 atom stereocenters. The number of anilines is 1. The highest BCUT2D eigenvalue weighted by Crippen LogP contribution is 2.36. The molecule has 0 unspecified atom stereocenters. The first-order chi connectivity index (χ1) is 12.7. The summed E-state index contributed by atoms with van der Waals surface area (Å²) in [6, 6.07) is 3.45. The van der Waals surface area contributed by atoms with Crippen molar-refractivity contribution in [3.63, 3.8) is 0 Å². The fraction of sp³-hybridized carbons (Fsp3) is 0.263. The summed E-state index contributed by atoms with van der Waals surface area (Å²) < 4.78 is 16.2. The number of halogens is 1. The SMILES string of the molecule is Cc1ccc(O)c(C)c1-n1c2ncc(C(C)(C)F)nc2c2c(N)ncnc21. The fourth-order valence-corrected chi connectivity index (χ4v) is 3.27. The van der Waals surface area contributed by atoms with Gasteiger partial charge in [0.15, 0.2) is 11.3 Å². The minimum atomic E-state index is -1.66. The van der Waals surface area contributed by atoms with Crippen molar-refractivity contribution >= 4 is 28.0 Å². The number of phenolic OH excluding ortho intramolecular Hbond substituents is 1.